The summed E-state index contributed by atoms with van der Waals surface area (Å²) in [5.74, 6) is 0.216. The Hall–Kier alpha value is -3.00. The third-order valence-corrected chi connectivity index (χ3v) is 5.17. The molecule has 0 spiro atoms. The molecule has 1 atom stereocenters. The molecule has 8 heteroatoms. The largest absolute Gasteiger partial charge is 0.353 e. The number of benzene rings is 1. The number of carbonyl (C=O) groups excluding carboxylic acids is 2. The SMILES string of the molecule is CC1C(=O)NCCN1C(=O)c1nc(-c2cccs2)n(-c2ccccc2)n1. The lowest BCUT2D eigenvalue weighted by Crippen LogP contribution is -2.56. The lowest BCUT2D eigenvalue weighted by atomic mass is 10.2. The van der Waals surface area contributed by atoms with Crippen molar-refractivity contribution in [3.8, 4) is 16.4 Å². The summed E-state index contributed by atoms with van der Waals surface area (Å²) in [6.45, 7) is 2.59. The van der Waals surface area contributed by atoms with Gasteiger partial charge >= 0.3 is 0 Å². The zero-order chi connectivity index (χ0) is 18.1. The number of thiophene rings is 1. The second-order valence-electron chi connectivity index (χ2n) is 5.95. The fourth-order valence-corrected chi connectivity index (χ4v) is 3.60. The fraction of sp³-hybridized carbons (Fsp3) is 0.222. The number of nitrogens with zero attached hydrogens (tertiary/aromatic N) is 4. The minimum atomic E-state index is -0.537. The van der Waals surface area contributed by atoms with Gasteiger partial charge < -0.3 is 10.2 Å². The number of para-hydroxylation sites is 1. The molecule has 2 amide bonds. The van der Waals surface area contributed by atoms with E-state index < -0.39 is 6.04 Å². The lowest BCUT2D eigenvalue weighted by molar-refractivity contribution is -0.127. The van der Waals surface area contributed by atoms with Crippen LogP contribution in [-0.2, 0) is 4.79 Å². The number of hydrogen-bond donors (Lipinski definition) is 1. The summed E-state index contributed by atoms with van der Waals surface area (Å²) in [5.41, 5.74) is 0.826. The average Bonchev–Trinajstić information content (AvgIpc) is 3.33. The zero-order valence-electron chi connectivity index (χ0n) is 14.1. The van der Waals surface area contributed by atoms with Gasteiger partial charge in [0, 0.05) is 13.1 Å². The molecule has 1 unspecified atom stereocenters. The number of piperazine rings is 1. The Kier molecular flexibility index (Phi) is 4.26. The highest BCUT2D eigenvalue weighted by atomic mass is 32.1. The van der Waals surface area contributed by atoms with Crippen LogP contribution < -0.4 is 5.32 Å². The summed E-state index contributed by atoms with van der Waals surface area (Å²) in [5, 5.41) is 9.17. The van der Waals surface area contributed by atoms with Crippen LogP contribution in [0.4, 0.5) is 0 Å². The van der Waals surface area contributed by atoms with Crippen molar-refractivity contribution in [2.45, 2.75) is 13.0 Å². The molecular formula is C18H17N5O2S. The molecule has 1 aromatic carbocycles. The Balaban J connectivity index is 1.76. The third kappa shape index (κ3) is 2.88. The molecule has 26 heavy (non-hydrogen) atoms. The molecule has 3 aromatic rings. The highest BCUT2D eigenvalue weighted by molar-refractivity contribution is 7.13. The molecule has 132 valence electrons. The second-order valence-corrected chi connectivity index (χ2v) is 6.90. The van der Waals surface area contributed by atoms with Gasteiger partial charge in [0.2, 0.25) is 11.7 Å². The molecule has 1 saturated heterocycles. The number of rotatable bonds is 3. The number of amides is 2. The normalized spacial score (nSPS) is 17.2. The van der Waals surface area contributed by atoms with E-state index in [2.05, 4.69) is 15.4 Å². The van der Waals surface area contributed by atoms with E-state index in [9.17, 15) is 9.59 Å². The molecule has 0 saturated carbocycles. The summed E-state index contributed by atoms with van der Waals surface area (Å²) in [7, 11) is 0. The molecule has 1 N–H and O–H groups in total. The van der Waals surface area contributed by atoms with Gasteiger partial charge in [0.25, 0.3) is 5.91 Å². The Morgan fingerprint density at radius 2 is 2.04 bits per heavy atom. The van der Waals surface area contributed by atoms with Gasteiger partial charge in [-0.2, -0.15) is 0 Å². The van der Waals surface area contributed by atoms with Crippen LogP contribution in [0.1, 0.15) is 17.5 Å². The van der Waals surface area contributed by atoms with Crippen molar-refractivity contribution in [2.75, 3.05) is 13.1 Å². The molecule has 7 nitrogen and oxygen atoms in total. The van der Waals surface area contributed by atoms with Crippen LogP contribution in [0.3, 0.4) is 0 Å². The maximum Gasteiger partial charge on any atom is 0.294 e. The highest BCUT2D eigenvalue weighted by Gasteiger charge is 2.32. The van der Waals surface area contributed by atoms with Gasteiger partial charge in [0.05, 0.1) is 10.6 Å². The number of nitrogens with one attached hydrogen (secondary N) is 1. The van der Waals surface area contributed by atoms with Crippen molar-refractivity contribution in [1.29, 1.82) is 0 Å². The predicted molar refractivity (Wildman–Crippen MR) is 98.2 cm³/mol. The topological polar surface area (TPSA) is 80.1 Å². The molecule has 0 radical (unpaired) electrons. The van der Waals surface area contributed by atoms with E-state index in [0.717, 1.165) is 10.6 Å². The van der Waals surface area contributed by atoms with E-state index >= 15 is 0 Å². The molecular weight excluding hydrogens is 350 g/mol. The fourth-order valence-electron chi connectivity index (χ4n) is 2.91. The van der Waals surface area contributed by atoms with Crippen LogP contribution in [0.2, 0.25) is 0 Å². The number of carbonyl (C=O) groups is 2. The van der Waals surface area contributed by atoms with Crippen LogP contribution in [0.15, 0.2) is 47.8 Å². The summed E-state index contributed by atoms with van der Waals surface area (Å²) >= 11 is 1.53. The van der Waals surface area contributed by atoms with Crippen molar-refractivity contribution in [2.24, 2.45) is 0 Å². The maximum atomic E-state index is 12.9. The van der Waals surface area contributed by atoms with E-state index in [1.54, 1.807) is 11.6 Å². The van der Waals surface area contributed by atoms with Crippen molar-refractivity contribution in [1.82, 2.24) is 25.0 Å². The minimum absolute atomic E-state index is 0.0961. The van der Waals surface area contributed by atoms with Gasteiger partial charge in [-0.3, -0.25) is 9.59 Å². The molecule has 0 aliphatic carbocycles. The summed E-state index contributed by atoms with van der Waals surface area (Å²) in [6.07, 6.45) is 0. The van der Waals surface area contributed by atoms with Gasteiger partial charge in [-0.05, 0) is 30.5 Å². The second kappa shape index (κ2) is 6.72. The summed E-state index contributed by atoms with van der Waals surface area (Å²) < 4.78 is 1.67. The third-order valence-electron chi connectivity index (χ3n) is 4.30. The van der Waals surface area contributed by atoms with Crippen molar-refractivity contribution in [3.63, 3.8) is 0 Å². The predicted octanol–water partition coefficient (Wildman–Crippen LogP) is 1.96. The average molecular weight is 367 g/mol. The molecule has 1 aliphatic heterocycles. The minimum Gasteiger partial charge on any atom is -0.353 e. The smallest absolute Gasteiger partial charge is 0.294 e. The monoisotopic (exact) mass is 367 g/mol. The maximum absolute atomic E-state index is 12.9. The van der Waals surface area contributed by atoms with Gasteiger partial charge in [-0.15, -0.1) is 16.4 Å². The van der Waals surface area contributed by atoms with Crippen LogP contribution >= 0.6 is 11.3 Å². The highest BCUT2D eigenvalue weighted by Crippen LogP contribution is 2.26. The van der Waals surface area contributed by atoms with Crippen LogP contribution in [-0.4, -0.2) is 50.6 Å². The molecule has 1 fully saturated rings. The lowest BCUT2D eigenvalue weighted by Gasteiger charge is -2.31. The van der Waals surface area contributed by atoms with Crippen molar-refractivity contribution in [3.05, 3.63) is 53.7 Å². The van der Waals surface area contributed by atoms with Crippen molar-refractivity contribution >= 4 is 23.2 Å². The van der Waals surface area contributed by atoms with E-state index in [1.165, 1.54) is 16.2 Å². The molecule has 1 aliphatic rings. The number of hydrogen-bond acceptors (Lipinski definition) is 5. The quantitative estimate of drug-likeness (QED) is 0.767. The first-order valence-corrected chi connectivity index (χ1v) is 9.18. The molecule has 3 heterocycles. The van der Waals surface area contributed by atoms with Gasteiger partial charge in [0.1, 0.15) is 6.04 Å². The van der Waals surface area contributed by atoms with Crippen molar-refractivity contribution < 1.29 is 9.59 Å². The van der Waals surface area contributed by atoms with Crippen LogP contribution in [0, 0.1) is 0 Å². The van der Waals surface area contributed by atoms with Gasteiger partial charge in [0.15, 0.2) is 5.82 Å². The van der Waals surface area contributed by atoms with Gasteiger partial charge in [-0.1, -0.05) is 24.3 Å². The Bertz CT molecular complexity index is 936. The first-order chi connectivity index (χ1) is 12.6. The molecule has 4 rings (SSSR count). The Labute approximate surface area is 154 Å². The van der Waals surface area contributed by atoms with E-state index in [1.807, 2.05) is 47.8 Å². The Morgan fingerprint density at radius 3 is 2.77 bits per heavy atom. The standard InChI is InChI=1S/C18H17N5O2S/c1-12-17(24)19-9-10-22(12)18(25)15-20-16(14-8-5-11-26-14)23(21-15)13-6-3-2-4-7-13/h2-8,11-12H,9-10H2,1H3,(H,19,24). The van der Waals surface area contributed by atoms with E-state index in [4.69, 9.17) is 0 Å². The summed E-state index contributed by atoms with van der Waals surface area (Å²) in [6, 6.07) is 12.9. The first kappa shape index (κ1) is 16.5. The zero-order valence-corrected chi connectivity index (χ0v) is 14.9. The van der Waals surface area contributed by atoms with Crippen LogP contribution in [0.25, 0.3) is 16.4 Å². The Morgan fingerprint density at radius 1 is 1.23 bits per heavy atom. The first-order valence-electron chi connectivity index (χ1n) is 8.30. The molecule has 0 bridgehead atoms. The number of aromatic nitrogens is 3. The van der Waals surface area contributed by atoms with Gasteiger partial charge in [-0.25, -0.2) is 9.67 Å². The molecule has 2 aromatic heterocycles. The van der Waals surface area contributed by atoms with E-state index in [0.29, 0.717) is 18.9 Å². The van der Waals surface area contributed by atoms with E-state index in [-0.39, 0.29) is 17.6 Å². The summed E-state index contributed by atoms with van der Waals surface area (Å²) in [4.78, 5) is 31.7. The van der Waals surface area contributed by atoms with Crippen LogP contribution in [0.5, 0.6) is 0 Å².